The molecule has 0 aliphatic carbocycles. The molecule has 1 amide bonds. The molecule has 0 saturated carbocycles. The molecule has 0 aromatic rings. The Hall–Kier alpha value is -0.610. The number of nitrogens with zero attached hydrogens (tertiary/aromatic N) is 1. The molecule has 2 atom stereocenters. The van der Waals surface area contributed by atoms with Gasteiger partial charge in [-0.1, -0.05) is 6.42 Å². The van der Waals surface area contributed by atoms with E-state index in [0.29, 0.717) is 18.6 Å². The van der Waals surface area contributed by atoms with Gasteiger partial charge in [0.25, 0.3) is 0 Å². The summed E-state index contributed by atoms with van der Waals surface area (Å²) in [6.07, 6.45) is 3.76. The third kappa shape index (κ3) is 2.07. The lowest BCUT2D eigenvalue weighted by Crippen LogP contribution is -2.60. The lowest BCUT2D eigenvalue weighted by atomic mass is 9.94. The highest BCUT2D eigenvalue weighted by atomic mass is 16.2. The first kappa shape index (κ1) is 9.93. The molecule has 0 radical (unpaired) electrons. The summed E-state index contributed by atoms with van der Waals surface area (Å²) in [5.41, 5.74) is 0. The van der Waals surface area contributed by atoms with Crippen LogP contribution in [0.4, 0.5) is 0 Å². The van der Waals surface area contributed by atoms with Crippen molar-refractivity contribution in [2.24, 2.45) is 0 Å². The van der Waals surface area contributed by atoms with Crippen molar-refractivity contribution in [2.75, 3.05) is 26.7 Å². The molecule has 2 fully saturated rings. The standard InChI is InChI=1S/C10H19N3O/c1-11-5-10(14)13-6-8-3-2-4-9(7-13)12-8/h8-9,11-12H,2-7H2,1H3. The summed E-state index contributed by atoms with van der Waals surface area (Å²) >= 11 is 0. The second-order valence-corrected chi connectivity index (χ2v) is 4.32. The predicted octanol–water partition coefficient (Wildman–Crippen LogP) is -0.441. The van der Waals surface area contributed by atoms with Gasteiger partial charge in [-0.2, -0.15) is 0 Å². The fraction of sp³-hybridized carbons (Fsp3) is 0.900. The Labute approximate surface area is 85.0 Å². The Balaban J connectivity index is 1.91. The van der Waals surface area contributed by atoms with Crippen LogP contribution >= 0.6 is 0 Å². The zero-order chi connectivity index (χ0) is 9.97. The van der Waals surface area contributed by atoms with Gasteiger partial charge in [0, 0.05) is 25.2 Å². The van der Waals surface area contributed by atoms with Crippen LogP contribution in [-0.4, -0.2) is 49.6 Å². The summed E-state index contributed by atoms with van der Waals surface area (Å²) in [6, 6.07) is 1.09. The second-order valence-electron chi connectivity index (χ2n) is 4.32. The first-order chi connectivity index (χ1) is 6.79. The van der Waals surface area contributed by atoms with Gasteiger partial charge in [0.15, 0.2) is 0 Å². The lowest BCUT2D eigenvalue weighted by molar-refractivity contribution is -0.132. The van der Waals surface area contributed by atoms with E-state index in [1.807, 2.05) is 11.9 Å². The Morgan fingerprint density at radius 3 is 2.64 bits per heavy atom. The molecule has 2 aliphatic rings. The quantitative estimate of drug-likeness (QED) is 0.631. The highest BCUT2D eigenvalue weighted by Gasteiger charge is 2.31. The predicted molar refractivity (Wildman–Crippen MR) is 55.1 cm³/mol. The molecule has 2 rings (SSSR count). The molecule has 0 aromatic carbocycles. The van der Waals surface area contributed by atoms with E-state index in [1.54, 1.807) is 0 Å². The topological polar surface area (TPSA) is 44.4 Å². The number of nitrogens with one attached hydrogen (secondary N) is 2. The van der Waals surface area contributed by atoms with Gasteiger partial charge in [-0.25, -0.2) is 0 Å². The molecular formula is C10H19N3O. The van der Waals surface area contributed by atoms with E-state index in [-0.39, 0.29) is 5.91 Å². The molecule has 0 aromatic heterocycles. The van der Waals surface area contributed by atoms with Crippen LogP contribution in [0.5, 0.6) is 0 Å². The van der Waals surface area contributed by atoms with Crippen molar-refractivity contribution in [3.05, 3.63) is 0 Å². The molecule has 14 heavy (non-hydrogen) atoms. The van der Waals surface area contributed by atoms with Crippen molar-refractivity contribution < 1.29 is 4.79 Å². The number of piperazine rings is 1. The zero-order valence-electron chi connectivity index (χ0n) is 8.75. The molecule has 4 heteroatoms. The van der Waals surface area contributed by atoms with E-state index in [4.69, 9.17) is 0 Å². The summed E-state index contributed by atoms with van der Waals surface area (Å²) in [5.74, 6) is 0.242. The number of hydrogen-bond acceptors (Lipinski definition) is 3. The van der Waals surface area contributed by atoms with Gasteiger partial charge >= 0.3 is 0 Å². The first-order valence-corrected chi connectivity index (χ1v) is 5.48. The maximum atomic E-state index is 11.7. The minimum atomic E-state index is 0.242. The molecular weight excluding hydrogens is 178 g/mol. The van der Waals surface area contributed by atoms with Crippen molar-refractivity contribution in [2.45, 2.75) is 31.3 Å². The van der Waals surface area contributed by atoms with Crippen molar-refractivity contribution in [1.82, 2.24) is 15.5 Å². The normalized spacial score (nSPS) is 31.6. The van der Waals surface area contributed by atoms with E-state index < -0.39 is 0 Å². The van der Waals surface area contributed by atoms with Crippen LogP contribution in [0.1, 0.15) is 19.3 Å². The van der Waals surface area contributed by atoms with Gasteiger partial charge in [0.2, 0.25) is 5.91 Å². The monoisotopic (exact) mass is 197 g/mol. The van der Waals surface area contributed by atoms with Crippen LogP contribution in [0.15, 0.2) is 0 Å². The van der Waals surface area contributed by atoms with Gasteiger partial charge in [-0.3, -0.25) is 4.79 Å². The van der Waals surface area contributed by atoms with Gasteiger partial charge in [-0.15, -0.1) is 0 Å². The minimum Gasteiger partial charge on any atom is -0.338 e. The highest BCUT2D eigenvalue weighted by molar-refractivity contribution is 5.78. The number of fused-ring (bicyclic) bond motifs is 2. The summed E-state index contributed by atoms with van der Waals surface area (Å²) in [6.45, 7) is 2.27. The van der Waals surface area contributed by atoms with Crippen LogP contribution in [0, 0.1) is 0 Å². The van der Waals surface area contributed by atoms with E-state index in [2.05, 4.69) is 10.6 Å². The average Bonchev–Trinajstić information content (AvgIpc) is 2.17. The molecule has 2 heterocycles. The number of rotatable bonds is 2. The van der Waals surface area contributed by atoms with Crippen LogP contribution in [0.2, 0.25) is 0 Å². The van der Waals surface area contributed by atoms with Crippen LogP contribution in [0.3, 0.4) is 0 Å². The van der Waals surface area contributed by atoms with Gasteiger partial charge < -0.3 is 15.5 Å². The Kier molecular flexibility index (Phi) is 3.03. The van der Waals surface area contributed by atoms with Crippen LogP contribution in [-0.2, 0) is 4.79 Å². The summed E-state index contributed by atoms with van der Waals surface area (Å²) < 4.78 is 0. The maximum Gasteiger partial charge on any atom is 0.236 e. The molecule has 0 spiro atoms. The fourth-order valence-electron chi connectivity index (χ4n) is 2.47. The zero-order valence-corrected chi connectivity index (χ0v) is 8.75. The number of piperidine rings is 1. The van der Waals surface area contributed by atoms with Crippen molar-refractivity contribution >= 4 is 5.91 Å². The van der Waals surface area contributed by atoms with Crippen molar-refractivity contribution in [3.63, 3.8) is 0 Å². The number of carbonyl (C=O) groups is 1. The van der Waals surface area contributed by atoms with E-state index in [1.165, 1.54) is 19.3 Å². The third-order valence-electron chi connectivity index (χ3n) is 3.14. The molecule has 2 saturated heterocycles. The highest BCUT2D eigenvalue weighted by Crippen LogP contribution is 2.19. The molecule has 2 unspecified atom stereocenters. The largest absolute Gasteiger partial charge is 0.338 e. The van der Waals surface area contributed by atoms with Crippen molar-refractivity contribution in [1.29, 1.82) is 0 Å². The number of hydrogen-bond donors (Lipinski definition) is 2. The van der Waals surface area contributed by atoms with E-state index in [9.17, 15) is 4.79 Å². The lowest BCUT2D eigenvalue weighted by Gasteiger charge is -2.42. The van der Waals surface area contributed by atoms with Crippen molar-refractivity contribution in [3.8, 4) is 0 Å². The summed E-state index contributed by atoms with van der Waals surface area (Å²) in [5, 5.41) is 6.48. The maximum absolute atomic E-state index is 11.7. The molecule has 4 nitrogen and oxygen atoms in total. The number of likely N-dealkylation sites (tertiary alicyclic amines) is 1. The number of carbonyl (C=O) groups excluding carboxylic acids is 1. The number of likely N-dealkylation sites (N-methyl/N-ethyl adjacent to an activating group) is 1. The Bertz CT molecular complexity index is 207. The minimum absolute atomic E-state index is 0.242. The molecule has 80 valence electrons. The molecule has 2 N–H and O–H groups in total. The molecule has 2 bridgehead atoms. The Morgan fingerprint density at radius 2 is 2.07 bits per heavy atom. The van der Waals surface area contributed by atoms with E-state index >= 15 is 0 Å². The first-order valence-electron chi connectivity index (χ1n) is 5.48. The number of amides is 1. The summed E-state index contributed by atoms with van der Waals surface area (Å²) in [4.78, 5) is 13.7. The SMILES string of the molecule is CNCC(=O)N1CC2CCCC(C1)N2. The van der Waals surface area contributed by atoms with Gasteiger partial charge in [-0.05, 0) is 19.9 Å². The average molecular weight is 197 g/mol. The molecule has 2 aliphatic heterocycles. The Morgan fingerprint density at radius 1 is 1.43 bits per heavy atom. The second kappa shape index (κ2) is 4.28. The summed E-state index contributed by atoms with van der Waals surface area (Å²) in [7, 11) is 1.82. The van der Waals surface area contributed by atoms with Gasteiger partial charge in [0.05, 0.1) is 6.54 Å². The van der Waals surface area contributed by atoms with Gasteiger partial charge in [0.1, 0.15) is 0 Å². The van der Waals surface area contributed by atoms with Crippen LogP contribution < -0.4 is 10.6 Å². The van der Waals surface area contributed by atoms with Crippen LogP contribution in [0.25, 0.3) is 0 Å². The van der Waals surface area contributed by atoms with E-state index in [0.717, 1.165) is 13.1 Å². The smallest absolute Gasteiger partial charge is 0.236 e. The third-order valence-corrected chi connectivity index (χ3v) is 3.14. The fourth-order valence-corrected chi connectivity index (χ4v) is 2.47.